The van der Waals surface area contributed by atoms with E-state index in [1.54, 1.807) is 6.92 Å². The van der Waals surface area contributed by atoms with E-state index in [9.17, 15) is 40.5 Å². The number of benzene rings is 1. The van der Waals surface area contributed by atoms with Gasteiger partial charge in [-0.25, -0.2) is 0 Å². The standard InChI is InChI=1S/C23H30O14/c1-7-4-9(24)13-10(34-7)5-11(16(27)21(13)32-3)36-23-20(31)18(29)15(26)12(37-23)6-33-22-19(30)17(28)14(25)8(2)35-22/h4-5,8,12,14-15,17-20,22-23,25-31H,6H2,1-3H3/t8-,12+,14-,15+,17+,18-,19+,20+,22+,23+/m0/s1. The number of phenols is 1. The van der Waals surface area contributed by atoms with Crippen LogP contribution in [0.2, 0.25) is 0 Å². The number of ether oxygens (including phenoxy) is 5. The molecule has 1 aromatic heterocycles. The molecule has 37 heavy (non-hydrogen) atoms. The largest absolute Gasteiger partial charge is 0.502 e. The second-order valence-corrected chi connectivity index (χ2v) is 9.00. The number of aliphatic hydroxyl groups is 6. The van der Waals surface area contributed by atoms with Crippen LogP contribution in [-0.2, 0) is 14.2 Å². The fourth-order valence-electron chi connectivity index (χ4n) is 4.28. The third-order valence-corrected chi connectivity index (χ3v) is 6.38. The molecule has 2 aromatic rings. The number of rotatable bonds is 6. The Morgan fingerprint density at radius 2 is 1.54 bits per heavy atom. The first-order chi connectivity index (χ1) is 17.4. The zero-order chi connectivity index (χ0) is 27.2. The minimum absolute atomic E-state index is 0.0127. The lowest BCUT2D eigenvalue weighted by molar-refractivity contribution is -0.318. The summed E-state index contributed by atoms with van der Waals surface area (Å²) in [5.41, 5.74) is -0.458. The lowest BCUT2D eigenvalue weighted by atomic mass is 9.98. The van der Waals surface area contributed by atoms with Crippen molar-refractivity contribution >= 4 is 11.0 Å². The fourth-order valence-corrected chi connectivity index (χ4v) is 4.28. The molecule has 0 spiro atoms. The zero-order valence-corrected chi connectivity index (χ0v) is 20.1. The summed E-state index contributed by atoms with van der Waals surface area (Å²) in [6.07, 6.45) is -15.0. The average molecular weight is 530 g/mol. The Morgan fingerprint density at radius 1 is 0.892 bits per heavy atom. The van der Waals surface area contributed by atoms with Crippen molar-refractivity contribution in [2.75, 3.05) is 13.7 Å². The summed E-state index contributed by atoms with van der Waals surface area (Å²) in [6, 6.07) is 2.40. The maximum absolute atomic E-state index is 12.4. The van der Waals surface area contributed by atoms with Gasteiger partial charge < -0.3 is 63.8 Å². The lowest BCUT2D eigenvalue weighted by Gasteiger charge is -2.42. The van der Waals surface area contributed by atoms with Crippen LogP contribution in [0.3, 0.4) is 0 Å². The van der Waals surface area contributed by atoms with E-state index in [4.69, 9.17) is 28.1 Å². The molecule has 14 nitrogen and oxygen atoms in total. The van der Waals surface area contributed by atoms with E-state index < -0.39 is 79.2 Å². The molecule has 3 heterocycles. The van der Waals surface area contributed by atoms with Gasteiger partial charge in [0.25, 0.3) is 0 Å². The number of aliphatic hydroxyl groups excluding tert-OH is 6. The van der Waals surface area contributed by atoms with Gasteiger partial charge in [0.15, 0.2) is 23.2 Å². The maximum Gasteiger partial charge on any atom is 0.229 e. The van der Waals surface area contributed by atoms with Crippen LogP contribution in [0.4, 0.5) is 0 Å². The highest BCUT2D eigenvalue weighted by atomic mass is 16.7. The molecule has 1 aromatic carbocycles. The first kappa shape index (κ1) is 27.5. The molecule has 206 valence electrons. The van der Waals surface area contributed by atoms with Gasteiger partial charge >= 0.3 is 0 Å². The first-order valence-corrected chi connectivity index (χ1v) is 11.5. The number of fused-ring (bicyclic) bond motifs is 1. The molecule has 10 atom stereocenters. The van der Waals surface area contributed by atoms with Crippen molar-refractivity contribution < 1.29 is 63.8 Å². The third-order valence-electron chi connectivity index (χ3n) is 6.38. The van der Waals surface area contributed by atoms with Gasteiger partial charge in [-0.3, -0.25) is 4.79 Å². The van der Waals surface area contributed by atoms with Crippen LogP contribution in [0, 0.1) is 6.92 Å². The SMILES string of the molecule is COc1c(O)c(O[C@@H]2O[C@H](CO[C@@H]3O[C@@H](C)[C@H](O)[C@@H](O)[C@H]3O)[C@@H](O)[C@H](O)[C@H]2O)cc2oc(C)cc(=O)c12. The van der Waals surface area contributed by atoms with Crippen LogP contribution in [0.5, 0.6) is 17.2 Å². The van der Waals surface area contributed by atoms with Crippen molar-refractivity contribution in [1.82, 2.24) is 0 Å². The van der Waals surface area contributed by atoms with E-state index in [1.165, 1.54) is 26.2 Å². The predicted octanol–water partition coefficient (Wildman–Crippen LogP) is -2.15. The van der Waals surface area contributed by atoms with E-state index in [0.29, 0.717) is 0 Å². The van der Waals surface area contributed by atoms with Crippen LogP contribution in [0.15, 0.2) is 21.3 Å². The number of hydrogen-bond acceptors (Lipinski definition) is 14. The van der Waals surface area contributed by atoms with Crippen LogP contribution >= 0.6 is 0 Å². The van der Waals surface area contributed by atoms with Crippen molar-refractivity contribution in [3.05, 3.63) is 28.1 Å². The zero-order valence-electron chi connectivity index (χ0n) is 20.1. The molecule has 2 fully saturated rings. The van der Waals surface area contributed by atoms with Gasteiger partial charge in [0.2, 0.25) is 12.0 Å². The van der Waals surface area contributed by atoms with Crippen LogP contribution in [0.1, 0.15) is 12.7 Å². The van der Waals surface area contributed by atoms with E-state index >= 15 is 0 Å². The van der Waals surface area contributed by atoms with E-state index in [2.05, 4.69) is 0 Å². The molecule has 4 rings (SSSR count). The molecule has 14 heteroatoms. The highest BCUT2D eigenvalue weighted by molar-refractivity contribution is 5.88. The van der Waals surface area contributed by atoms with Crippen LogP contribution in [0.25, 0.3) is 11.0 Å². The van der Waals surface area contributed by atoms with Gasteiger partial charge in [-0.2, -0.15) is 0 Å². The highest BCUT2D eigenvalue weighted by Crippen LogP contribution is 2.42. The van der Waals surface area contributed by atoms with E-state index in [-0.39, 0.29) is 28.2 Å². The fraction of sp³-hybridized carbons (Fsp3) is 0.609. The third kappa shape index (κ3) is 5.12. The quantitative estimate of drug-likeness (QED) is 0.212. The molecule has 0 unspecified atom stereocenters. The highest BCUT2D eigenvalue weighted by Gasteiger charge is 2.47. The lowest BCUT2D eigenvalue weighted by Crippen LogP contribution is -2.61. The van der Waals surface area contributed by atoms with Crippen molar-refractivity contribution in [3.63, 3.8) is 0 Å². The molecular weight excluding hydrogens is 500 g/mol. The Kier molecular flexibility index (Phi) is 7.94. The molecule has 0 bridgehead atoms. The number of phenolic OH excluding ortho intramolecular Hbond substituents is 1. The second-order valence-electron chi connectivity index (χ2n) is 9.00. The van der Waals surface area contributed by atoms with Crippen LogP contribution in [-0.4, -0.2) is 111 Å². The minimum atomic E-state index is -1.79. The van der Waals surface area contributed by atoms with E-state index in [1.807, 2.05) is 0 Å². The molecule has 2 aliphatic heterocycles. The molecule has 0 aliphatic carbocycles. The molecule has 2 saturated heterocycles. The minimum Gasteiger partial charge on any atom is -0.502 e. The molecular formula is C23H30O14. The summed E-state index contributed by atoms with van der Waals surface area (Å²) in [7, 11) is 1.22. The van der Waals surface area contributed by atoms with Crippen LogP contribution < -0.4 is 14.9 Å². The first-order valence-electron chi connectivity index (χ1n) is 11.5. The smallest absolute Gasteiger partial charge is 0.229 e. The Labute approximate surface area is 209 Å². The van der Waals surface area contributed by atoms with Crippen molar-refractivity contribution in [2.45, 2.75) is 75.3 Å². The second kappa shape index (κ2) is 10.7. The summed E-state index contributed by atoms with van der Waals surface area (Å²) < 4.78 is 32.6. The molecule has 0 radical (unpaired) electrons. The van der Waals surface area contributed by atoms with Gasteiger partial charge in [0.1, 0.15) is 59.5 Å². The molecule has 2 aliphatic rings. The van der Waals surface area contributed by atoms with Crippen molar-refractivity contribution in [1.29, 1.82) is 0 Å². The normalized spacial score (nSPS) is 36.5. The van der Waals surface area contributed by atoms with Gasteiger partial charge in [-0.1, -0.05) is 0 Å². The van der Waals surface area contributed by atoms with Crippen molar-refractivity contribution in [3.8, 4) is 17.2 Å². The van der Waals surface area contributed by atoms with E-state index in [0.717, 1.165) is 0 Å². The number of aromatic hydroxyl groups is 1. The molecule has 0 amide bonds. The summed E-state index contributed by atoms with van der Waals surface area (Å²) in [6.45, 7) is 2.51. The Bertz CT molecular complexity index is 1170. The Morgan fingerprint density at radius 3 is 2.22 bits per heavy atom. The van der Waals surface area contributed by atoms with Crippen molar-refractivity contribution in [2.24, 2.45) is 0 Å². The summed E-state index contributed by atoms with van der Waals surface area (Å²) in [5.74, 6) is -0.886. The molecule has 0 saturated carbocycles. The average Bonchev–Trinajstić information content (AvgIpc) is 2.85. The summed E-state index contributed by atoms with van der Waals surface area (Å²) in [4.78, 5) is 12.4. The Balaban J connectivity index is 1.55. The monoisotopic (exact) mass is 530 g/mol. The van der Waals surface area contributed by atoms with Gasteiger partial charge in [-0.05, 0) is 13.8 Å². The van der Waals surface area contributed by atoms with Gasteiger partial charge in [0, 0.05) is 12.1 Å². The topological polar surface area (TPSA) is 218 Å². The van der Waals surface area contributed by atoms with Gasteiger partial charge in [-0.15, -0.1) is 0 Å². The Hall–Kier alpha value is -2.53. The maximum atomic E-state index is 12.4. The van der Waals surface area contributed by atoms with Gasteiger partial charge in [0.05, 0.1) is 19.8 Å². The number of aryl methyl sites for hydroxylation is 1. The number of methoxy groups -OCH3 is 1. The molecule has 7 N–H and O–H groups in total. The predicted molar refractivity (Wildman–Crippen MR) is 121 cm³/mol. The summed E-state index contributed by atoms with van der Waals surface area (Å²) in [5, 5.41) is 71.7. The number of hydrogen-bond donors (Lipinski definition) is 7. The summed E-state index contributed by atoms with van der Waals surface area (Å²) >= 11 is 0.